The lowest BCUT2D eigenvalue weighted by Crippen LogP contribution is -2.24. The number of hydrogen-bond donors (Lipinski definition) is 1. The highest BCUT2D eigenvalue weighted by atomic mass is 19.1. The Balaban J connectivity index is 2.21. The zero-order chi connectivity index (χ0) is 15.2. The van der Waals surface area contributed by atoms with Crippen molar-refractivity contribution < 1.29 is 8.81 Å². The van der Waals surface area contributed by atoms with Crippen molar-refractivity contribution in [3.05, 3.63) is 53.7 Å². The average Bonchev–Trinajstić information content (AvgIpc) is 2.97. The van der Waals surface area contributed by atoms with Crippen LogP contribution in [0.5, 0.6) is 0 Å². The van der Waals surface area contributed by atoms with Gasteiger partial charge in [0, 0.05) is 18.8 Å². The Labute approximate surface area is 125 Å². The summed E-state index contributed by atoms with van der Waals surface area (Å²) in [6.07, 6.45) is 2.72. The van der Waals surface area contributed by atoms with Gasteiger partial charge in [-0.1, -0.05) is 6.92 Å². The summed E-state index contributed by atoms with van der Waals surface area (Å²) in [7, 11) is 1.99. The second-order valence-electron chi connectivity index (χ2n) is 5.31. The van der Waals surface area contributed by atoms with Gasteiger partial charge in [0.05, 0.1) is 12.8 Å². The fourth-order valence-corrected chi connectivity index (χ4v) is 2.41. The van der Waals surface area contributed by atoms with Gasteiger partial charge in [0.1, 0.15) is 11.6 Å². The van der Waals surface area contributed by atoms with E-state index in [9.17, 15) is 4.39 Å². The van der Waals surface area contributed by atoms with Gasteiger partial charge in [-0.05, 0) is 55.8 Å². The summed E-state index contributed by atoms with van der Waals surface area (Å²) in [5, 5.41) is 3.41. The van der Waals surface area contributed by atoms with Crippen molar-refractivity contribution >= 4 is 5.69 Å². The smallest absolute Gasteiger partial charge is 0.123 e. The van der Waals surface area contributed by atoms with Gasteiger partial charge in [-0.2, -0.15) is 0 Å². The first-order valence-corrected chi connectivity index (χ1v) is 7.38. The lowest BCUT2D eigenvalue weighted by Gasteiger charge is -2.25. The molecule has 2 rings (SSSR count). The second-order valence-corrected chi connectivity index (χ2v) is 5.31. The van der Waals surface area contributed by atoms with Crippen molar-refractivity contribution in [2.45, 2.75) is 32.9 Å². The summed E-state index contributed by atoms with van der Waals surface area (Å²) < 4.78 is 19.0. The molecule has 0 saturated heterocycles. The van der Waals surface area contributed by atoms with Crippen LogP contribution >= 0.6 is 0 Å². The van der Waals surface area contributed by atoms with Gasteiger partial charge in [-0.15, -0.1) is 0 Å². The van der Waals surface area contributed by atoms with Crippen molar-refractivity contribution in [2.75, 3.05) is 18.5 Å². The first kappa shape index (κ1) is 15.6. The van der Waals surface area contributed by atoms with Crippen LogP contribution in [0.1, 0.15) is 37.6 Å². The van der Waals surface area contributed by atoms with Crippen LogP contribution in [0.2, 0.25) is 0 Å². The van der Waals surface area contributed by atoms with Gasteiger partial charge >= 0.3 is 0 Å². The quantitative estimate of drug-likeness (QED) is 0.831. The van der Waals surface area contributed by atoms with E-state index in [1.165, 1.54) is 6.07 Å². The van der Waals surface area contributed by atoms with Crippen molar-refractivity contribution in [1.82, 2.24) is 5.32 Å². The number of nitrogens with one attached hydrogen (secondary N) is 1. The molecule has 0 aliphatic rings. The average molecular weight is 290 g/mol. The second kappa shape index (κ2) is 7.27. The third-order valence-corrected chi connectivity index (χ3v) is 3.54. The predicted octanol–water partition coefficient (Wildman–Crippen LogP) is 4.12. The van der Waals surface area contributed by atoms with Crippen LogP contribution in [-0.2, 0) is 6.54 Å². The minimum Gasteiger partial charge on any atom is -0.467 e. The molecule has 1 atom stereocenters. The van der Waals surface area contributed by atoms with Crippen LogP contribution in [0.3, 0.4) is 0 Å². The molecule has 0 spiro atoms. The Morgan fingerprint density at radius 1 is 1.33 bits per heavy atom. The molecular formula is C17H23FN2O. The molecule has 1 N–H and O–H groups in total. The predicted molar refractivity (Wildman–Crippen MR) is 83.9 cm³/mol. The molecule has 0 fully saturated rings. The van der Waals surface area contributed by atoms with Gasteiger partial charge in [0.15, 0.2) is 0 Å². The first-order chi connectivity index (χ1) is 10.1. The van der Waals surface area contributed by atoms with E-state index >= 15 is 0 Å². The molecule has 0 aliphatic carbocycles. The summed E-state index contributed by atoms with van der Waals surface area (Å²) in [6.45, 7) is 5.76. The molecule has 1 aromatic carbocycles. The number of anilines is 1. The van der Waals surface area contributed by atoms with Crippen LogP contribution in [0.4, 0.5) is 10.1 Å². The Kier molecular flexibility index (Phi) is 5.39. The minimum atomic E-state index is -0.203. The SMILES string of the molecule is CCCNC(C)c1cc(F)ccc1N(C)Cc1ccco1. The Morgan fingerprint density at radius 3 is 2.81 bits per heavy atom. The molecule has 2 aromatic rings. The monoisotopic (exact) mass is 290 g/mol. The van der Waals surface area contributed by atoms with Crippen molar-refractivity contribution in [1.29, 1.82) is 0 Å². The van der Waals surface area contributed by atoms with E-state index in [1.807, 2.05) is 25.2 Å². The van der Waals surface area contributed by atoms with Gasteiger partial charge < -0.3 is 14.6 Å². The molecule has 1 heterocycles. The summed E-state index contributed by atoms with van der Waals surface area (Å²) in [4.78, 5) is 2.08. The van der Waals surface area contributed by atoms with Crippen LogP contribution < -0.4 is 10.2 Å². The molecule has 114 valence electrons. The highest BCUT2D eigenvalue weighted by molar-refractivity contribution is 5.54. The first-order valence-electron chi connectivity index (χ1n) is 7.38. The number of nitrogens with zero attached hydrogens (tertiary/aromatic N) is 1. The number of rotatable bonds is 7. The maximum atomic E-state index is 13.6. The lowest BCUT2D eigenvalue weighted by molar-refractivity contribution is 0.506. The molecule has 1 unspecified atom stereocenters. The van der Waals surface area contributed by atoms with E-state index in [2.05, 4.69) is 24.1 Å². The van der Waals surface area contributed by atoms with E-state index < -0.39 is 0 Å². The van der Waals surface area contributed by atoms with Gasteiger partial charge in [0.25, 0.3) is 0 Å². The normalized spacial score (nSPS) is 12.4. The van der Waals surface area contributed by atoms with E-state index in [0.717, 1.165) is 30.0 Å². The van der Waals surface area contributed by atoms with E-state index in [4.69, 9.17) is 4.42 Å². The molecule has 4 heteroatoms. The zero-order valence-corrected chi connectivity index (χ0v) is 12.9. The fraction of sp³-hybridized carbons (Fsp3) is 0.412. The Morgan fingerprint density at radius 2 is 2.14 bits per heavy atom. The third-order valence-electron chi connectivity index (χ3n) is 3.54. The van der Waals surface area contributed by atoms with E-state index in [1.54, 1.807) is 12.3 Å². The summed E-state index contributed by atoms with van der Waals surface area (Å²) in [6, 6.07) is 8.87. The highest BCUT2D eigenvalue weighted by Gasteiger charge is 2.15. The molecule has 21 heavy (non-hydrogen) atoms. The number of furan rings is 1. The molecule has 1 aromatic heterocycles. The molecule has 0 saturated carbocycles. The van der Waals surface area contributed by atoms with E-state index in [-0.39, 0.29) is 11.9 Å². The van der Waals surface area contributed by atoms with Gasteiger partial charge in [0.2, 0.25) is 0 Å². The Hall–Kier alpha value is -1.81. The molecule has 0 radical (unpaired) electrons. The van der Waals surface area contributed by atoms with Crippen LogP contribution in [0.25, 0.3) is 0 Å². The molecule has 3 nitrogen and oxygen atoms in total. The van der Waals surface area contributed by atoms with E-state index in [0.29, 0.717) is 6.54 Å². The number of hydrogen-bond acceptors (Lipinski definition) is 3. The highest BCUT2D eigenvalue weighted by Crippen LogP contribution is 2.27. The standard InChI is InChI=1S/C17H23FN2O/c1-4-9-19-13(2)16-11-14(18)7-8-17(16)20(3)12-15-6-5-10-21-15/h5-8,10-11,13,19H,4,9,12H2,1-3H3. The molecule has 0 bridgehead atoms. The zero-order valence-electron chi connectivity index (χ0n) is 12.9. The van der Waals surface area contributed by atoms with Gasteiger partial charge in [-0.3, -0.25) is 0 Å². The third kappa shape index (κ3) is 4.08. The molecule has 0 amide bonds. The molecular weight excluding hydrogens is 267 g/mol. The van der Waals surface area contributed by atoms with Gasteiger partial charge in [-0.25, -0.2) is 4.39 Å². The maximum absolute atomic E-state index is 13.6. The summed E-state index contributed by atoms with van der Waals surface area (Å²) in [5.74, 6) is 0.687. The van der Waals surface area contributed by atoms with Crippen LogP contribution in [0.15, 0.2) is 41.0 Å². The van der Waals surface area contributed by atoms with Crippen molar-refractivity contribution in [3.63, 3.8) is 0 Å². The minimum absolute atomic E-state index is 0.106. The van der Waals surface area contributed by atoms with Crippen molar-refractivity contribution in [3.8, 4) is 0 Å². The lowest BCUT2D eigenvalue weighted by atomic mass is 10.0. The van der Waals surface area contributed by atoms with Crippen LogP contribution in [-0.4, -0.2) is 13.6 Å². The van der Waals surface area contributed by atoms with Crippen LogP contribution in [0, 0.1) is 5.82 Å². The summed E-state index contributed by atoms with van der Waals surface area (Å²) >= 11 is 0. The maximum Gasteiger partial charge on any atom is 0.123 e. The summed E-state index contributed by atoms with van der Waals surface area (Å²) in [5.41, 5.74) is 1.99. The molecule has 0 aliphatic heterocycles. The topological polar surface area (TPSA) is 28.4 Å². The fourth-order valence-electron chi connectivity index (χ4n) is 2.41. The largest absolute Gasteiger partial charge is 0.467 e. The number of halogens is 1. The Bertz CT molecular complexity index is 554. The van der Waals surface area contributed by atoms with Crippen molar-refractivity contribution in [2.24, 2.45) is 0 Å². The number of benzene rings is 1.